The Balaban J connectivity index is 2.06. The normalized spacial score (nSPS) is 14.1. The first kappa shape index (κ1) is 14.6. The van der Waals surface area contributed by atoms with Crippen molar-refractivity contribution in [2.24, 2.45) is 5.73 Å². The van der Waals surface area contributed by atoms with Gasteiger partial charge in [0.1, 0.15) is 0 Å². The number of benzene rings is 2. The lowest BCUT2D eigenvalue weighted by molar-refractivity contribution is 0.762. The SMILES string of the molecule is Cc1ccc2c(c1)CCCN2c1ccc(Br)cc1CCN. The number of anilines is 2. The fraction of sp³-hybridized carbons (Fsp3) is 0.333. The number of rotatable bonds is 3. The standard InChI is InChI=1S/C18H21BrN2/c1-13-4-6-17-14(11-13)3-2-10-21(17)18-7-5-16(19)12-15(18)8-9-20/h4-7,11-12H,2-3,8-10,20H2,1H3. The molecule has 0 spiro atoms. The van der Waals surface area contributed by atoms with Crippen molar-refractivity contribution in [1.29, 1.82) is 0 Å². The van der Waals surface area contributed by atoms with E-state index in [-0.39, 0.29) is 0 Å². The summed E-state index contributed by atoms with van der Waals surface area (Å²) in [6, 6.07) is 13.3. The summed E-state index contributed by atoms with van der Waals surface area (Å²) in [5.74, 6) is 0. The molecule has 3 heteroatoms. The molecule has 0 atom stereocenters. The third-order valence-electron chi connectivity index (χ3n) is 4.10. The van der Waals surface area contributed by atoms with Gasteiger partial charge in [-0.1, -0.05) is 33.6 Å². The molecule has 3 rings (SSSR count). The van der Waals surface area contributed by atoms with Gasteiger partial charge in [-0.2, -0.15) is 0 Å². The van der Waals surface area contributed by atoms with E-state index in [0.717, 1.165) is 17.4 Å². The van der Waals surface area contributed by atoms with E-state index >= 15 is 0 Å². The van der Waals surface area contributed by atoms with E-state index < -0.39 is 0 Å². The summed E-state index contributed by atoms with van der Waals surface area (Å²) in [5.41, 5.74) is 12.6. The van der Waals surface area contributed by atoms with Crippen LogP contribution in [0.3, 0.4) is 0 Å². The van der Waals surface area contributed by atoms with Gasteiger partial charge in [-0.25, -0.2) is 0 Å². The number of hydrogen-bond acceptors (Lipinski definition) is 2. The summed E-state index contributed by atoms with van der Waals surface area (Å²) < 4.78 is 1.12. The minimum atomic E-state index is 0.679. The predicted octanol–water partition coefficient (Wildman–Crippen LogP) is 4.34. The Morgan fingerprint density at radius 1 is 1.14 bits per heavy atom. The number of aryl methyl sites for hydroxylation is 2. The molecular weight excluding hydrogens is 324 g/mol. The van der Waals surface area contributed by atoms with E-state index in [2.05, 4.69) is 64.2 Å². The Kier molecular flexibility index (Phi) is 4.32. The molecule has 1 aliphatic heterocycles. The van der Waals surface area contributed by atoms with Crippen LogP contribution in [0.1, 0.15) is 23.1 Å². The average molecular weight is 345 g/mol. The van der Waals surface area contributed by atoms with Crippen LogP contribution >= 0.6 is 15.9 Å². The molecule has 0 fully saturated rings. The second-order valence-electron chi connectivity index (χ2n) is 5.70. The van der Waals surface area contributed by atoms with Crippen LogP contribution < -0.4 is 10.6 Å². The van der Waals surface area contributed by atoms with Crippen molar-refractivity contribution < 1.29 is 0 Å². The minimum absolute atomic E-state index is 0.679. The molecule has 0 radical (unpaired) electrons. The Morgan fingerprint density at radius 2 is 1.95 bits per heavy atom. The van der Waals surface area contributed by atoms with Crippen molar-refractivity contribution in [2.45, 2.75) is 26.2 Å². The van der Waals surface area contributed by atoms with Gasteiger partial charge in [-0.05, 0) is 68.1 Å². The van der Waals surface area contributed by atoms with Gasteiger partial charge >= 0.3 is 0 Å². The molecule has 0 bridgehead atoms. The molecule has 21 heavy (non-hydrogen) atoms. The molecule has 0 aromatic heterocycles. The molecule has 0 amide bonds. The highest BCUT2D eigenvalue weighted by Crippen LogP contribution is 2.36. The first-order valence-electron chi connectivity index (χ1n) is 7.54. The first-order valence-corrected chi connectivity index (χ1v) is 8.34. The van der Waals surface area contributed by atoms with Crippen LogP contribution in [-0.4, -0.2) is 13.1 Å². The summed E-state index contributed by atoms with van der Waals surface area (Å²) in [5, 5.41) is 0. The molecule has 2 N–H and O–H groups in total. The van der Waals surface area contributed by atoms with Crippen molar-refractivity contribution in [2.75, 3.05) is 18.0 Å². The highest BCUT2D eigenvalue weighted by Gasteiger charge is 2.20. The molecule has 1 aliphatic rings. The lowest BCUT2D eigenvalue weighted by Gasteiger charge is -2.33. The van der Waals surface area contributed by atoms with Gasteiger partial charge in [0.2, 0.25) is 0 Å². The molecule has 0 unspecified atom stereocenters. The van der Waals surface area contributed by atoms with Gasteiger partial charge in [-0.3, -0.25) is 0 Å². The van der Waals surface area contributed by atoms with Crippen LogP contribution in [0.4, 0.5) is 11.4 Å². The van der Waals surface area contributed by atoms with Crippen molar-refractivity contribution in [1.82, 2.24) is 0 Å². The Hall–Kier alpha value is -1.32. The topological polar surface area (TPSA) is 29.3 Å². The first-order chi connectivity index (χ1) is 10.2. The van der Waals surface area contributed by atoms with Gasteiger partial charge in [0, 0.05) is 22.4 Å². The van der Waals surface area contributed by atoms with E-state index in [4.69, 9.17) is 5.73 Å². The van der Waals surface area contributed by atoms with Crippen molar-refractivity contribution in [3.05, 3.63) is 57.6 Å². The van der Waals surface area contributed by atoms with E-state index in [1.54, 1.807) is 0 Å². The molecule has 110 valence electrons. The molecule has 0 saturated carbocycles. The van der Waals surface area contributed by atoms with Crippen LogP contribution in [-0.2, 0) is 12.8 Å². The van der Waals surface area contributed by atoms with Gasteiger partial charge in [0.25, 0.3) is 0 Å². The van der Waals surface area contributed by atoms with Crippen LogP contribution in [0.2, 0.25) is 0 Å². The monoisotopic (exact) mass is 344 g/mol. The zero-order valence-corrected chi connectivity index (χ0v) is 14.0. The molecule has 2 nitrogen and oxygen atoms in total. The maximum atomic E-state index is 5.79. The van der Waals surface area contributed by atoms with Crippen molar-refractivity contribution in [3.63, 3.8) is 0 Å². The lowest BCUT2D eigenvalue weighted by atomic mass is 9.97. The number of nitrogens with two attached hydrogens (primary N) is 1. The zero-order valence-electron chi connectivity index (χ0n) is 12.4. The van der Waals surface area contributed by atoms with Crippen molar-refractivity contribution >= 4 is 27.3 Å². The van der Waals surface area contributed by atoms with E-state index in [1.807, 2.05) is 0 Å². The Morgan fingerprint density at radius 3 is 2.76 bits per heavy atom. The number of nitrogens with zero attached hydrogens (tertiary/aromatic N) is 1. The summed E-state index contributed by atoms with van der Waals surface area (Å²) >= 11 is 3.57. The molecule has 1 heterocycles. The second kappa shape index (κ2) is 6.20. The Bertz CT molecular complexity index is 652. The summed E-state index contributed by atoms with van der Waals surface area (Å²) in [6.45, 7) is 3.92. The van der Waals surface area contributed by atoms with Gasteiger partial charge in [0.05, 0.1) is 0 Å². The number of hydrogen-bond donors (Lipinski definition) is 1. The molecule has 0 saturated heterocycles. The third kappa shape index (κ3) is 2.99. The van der Waals surface area contributed by atoms with Gasteiger partial charge in [0.15, 0.2) is 0 Å². The van der Waals surface area contributed by atoms with Crippen LogP contribution in [0.5, 0.6) is 0 Å². The summed E-state index contributed by atoms with van der Waals surface area (Å²) in [7, 11) is 0. The zero-order chi connectivity index (χ0) is 14.8. The molecule has 2 aromatic carbocycles. The molecular formula is C18H21BrN2. The lowest BCUT2D eigenvalue weighted by Crippen LogP contribution is -2.26. The highest BCUT2D eigenvalue weighted by atomic mass is 79.9. The predicted molar refractivity (Wildman–Crippen MR) is 93.4 cm³/mol. The fourth-order valence-electron chi connectivity index (χ4n) is 3.15. The average Bonchev–Trinajstić information content (AvgIpc) is 2.47. The van der Waals surface area contributed by atoms with Gasteiger partial charge < -0.3 is 10.6 Å². The van der Waals surface area contributed by atoms with Crippen molar-refractivity contribution in [3.8, 4) is 0 Å². The quantitative estimate of drug-likeness (QED) is 0.897. The minimum Gasteiger partial charge on any atom is -0.341 e. The maximum absolute atomic E-state index is 5.79. The summed E-state index contributed by atoms with van der Waals surface area (Å²) in [6.07, 6.45) is 3.29. The van der Waals surface area contributed by atoms with E-state index in [0.29, 0.717) is 6.54 Å². The highest BCUT2D eigenvalue weighted by molar-refractivity contribution is 9.10. The number of fused-ring (bicyclic) bond motifs is 1. The van der Waals surface area contributed by atoms with E-state index in [1.165, 1.54) is 40.9 Å². The third-order valence-corrected chi connectivity index (χ3v) is 4.59. The molecule has 0 aliphatic carbocycles. The van der Waals surface area contributed by atoms with E-state index in [9.17, 15) is 0 Å². The smallest absolute Gasteiger partial charge is 0.0444 e. The van der Waals surface area contributed by atoms with Crippen LogP contribution in [0.15, 0.2) is 40.9 Å². The largest absolute Gasteiger partial charge is 0.341 e. The molecule has 2 aromatic rings. The fourth-order valence-corrected chi connectivity index (χ4v) is 3.56. The van der Waals surface area contributed by atoms with Crippen LogP contribution in [0.25, 0.3) is 0 Å². The van der Waals surface area contributed by atoms with Gasteiger partial charge in [-0.15, -0.1) is 0 Å². The maximum Gasteiger partial charge on any atom is 0.0444 e. The Labute approximate surface area is 135 Å². The summed E-state index contributed by atoms with van der Waals surface area (Å²) in [4.78, 5) is 2.45. The number of halogens is 1. The second-order valence-corrected chi connectivity index (χ2v) is 6.61. The van der Waals surface area contributed by atoms with Crippen LogP contribution in [0, 0.1) is 6.92 Å².